The van der Waals surface area contributed by atoms with E-state index in [4.69, 9.17) is 5.73 Å². The normalized spacial score (nSPS) is 27.5. The smallest absolute Gasteiger partial charge is 0.0423 e. The molecule has 1 aromatic carbocycles. The number of nitrogens with zero attached hydrogens (tertiary/aromatic N) is 1. The van der Waals surface area contributed by atoms with Gasteiger partial charge in [0.05, 0.1) is 0 Å². The highest BCUT2D eigenvalue weighted by Crippen LogP contribution is 2.41. The topological polar surface area (TPSA) is 29.3 Å². The Morgan fingerprint density at radius 2 is 1.94 bits per heavy atom. The van der Waals surface area contributed by atoms with E-state index in [-0.39, 0.29) is 0 Å². The first-order chi connectivity index (χ1) is 8.29. The third-order valence-corrected chi connectivity index (χ3v) is 5.11. The number of hydrogen-bond donors (Lipinski definition) is 1. The Bertz CT molecular complexity index is 407. The van der Waals surface area contributed by atoms with Gasteiger partial charge in [-0.05, 0) is 36.8 Å². The second-order valence-electron chi connectivity index (χ2n) is 5.30. The maximum absolute atomic E-state index is 5.88. The molecule has 0 amide bonds. The lowest BCUT2D eigenvalue weighted by molar-refractivity contribution is 0.494. The van der Waals surface area contributed by atoms with Crippen LogP contribution in [-0.2, 0) is 6.54 Å². The van der Waals surface area contributed by atoms with Crippen LogP contribution in [0, 0.1) is 11.8 Å². The SMILES string of the molecule is NCc1c(Br)cccc1N1CC2CCCC2C1. The van der Waals surface area contributed by atoms with Gasteiger partial charge in [0.2, 0.25) is 0 Å². The summed E-state index contributed by atoms with van der Waals surface area (Å²) >= 11 is 3.61. The van der Waals surface area contributed by atoms with Gasteiger partial charge in [0.25, 0.3) is 0 Å². The summed E-state index contributed by atoms with van der Waals surface area (Å²) < 4.78 is 1.15. The van der Waals surface area contributed by atoms with Crippen LogP contribution in [-0.4, -0.2) is 13.1 Å². The van der Waals surface area contributed by atoms with Crippen LogP contribution in [0.15, 0.2) is 22.7 Å². The fourth-order valence-corrected chi connectivity index (χ4v) is 3.99. The number of rotatable bonds is 2. The zero-order valence-corrected chi connectivity index (χ0v) is 11.6. The highest BCUT2D eigenvalue weighted by molar-refractivity contribution is 9.10. The molecule has 1 saturated carbocycles. The lowest BCUT2D eigenvalue weighted by Crippen LogP contribution is -2.22. The van der Waals surface area contributed by atoms with Gasteiger partial charge in [-0.2, -0.15) is 0 Å². The number of nitrogens with two attached hydrogens (primary N) is 1. The fourth-order valence-electron chi connectivity index (χ4n) is 3.48. The maximum Gasteiger partial charge on any atom is 0.0423 e. The van der Waals surface area contributed by atoms with Crippen LogP contribution in [0.25, 0.3) is 0 Å². The molecular weight excluding hydrogens is 276 g/mol. The van der Waals surface area contributed by atoms with Crippen LogP contribution in [0.2, 0.25) is 0 Å². The lowest BCUT2D eigenvalue weighted by atomic mass is 10.0. The van der Waals surface area contributed by atoms with Crippen molar-refractivity contribution in [3.8, 4) is 0 Å². The summed E-state index contributed by atoms with van der Waals surface area (Å²) in [5.41, 5.74) is 8.48. The third-order valence-electron chi connectivity index (χ3n) is 4.37. The largest absolute Gasteiger partial charge is 0.371 e. The van der Waals surface area contributed by atoms with Crippen molar-refractivity contribution in [2.45, 2.75) is 25.8 Å². The molecule has 3 rings (SSSR count). The minimum absolute atomic E-state index is 0.614. The van der Waals surface area contributed by atoms with E-state index in [9.17, 15) is 0 Å². The molecule has 1 aliphatic heterocycles. The Morgan fingerprint density at radius 3 is 2.59 bits per heavy atom. The van der Waals surface area contributed by atoms with Gasteiger partial charge in [0.15, 0.2) is 0 Å². The summed E-state index contributed by atoms with van der Waals surface area (Å²) in [7, 11) is 0. The molecule has 2 unspecified atom stereocenters. The van der Waals surface area contributed by atoms with Crippen molar-refractivity contribution in [3.63, 3.8) is 0 Å². The zero-order valence-electron chi connectivity index (χ0n) is 10.0. The van der Waals surface area contributed by atoms with Crippen molar-refractivity contribution in [1.29, 1.82) is 0 Å². The number of fused-ring (bicyclic) bond motifs is 1. The van der Waals surface area contributed by atoms with E-state index in [1.165, 1.54) is 43.6 Å². The molecule has 2 fully saturated rings. The monoisotopic (exact) mass is 294 g/mol. The first kappa shape index (κ1) is 11.5. The molecule has 2 aliphatic rings. The molecule has 2 nitrogen and oxygen atoms in total. The molecule has 1 aliphatic carbocycles. The number of anilines is 1. The molecule has 92 valence electrons. The molecule has 2 N–H and O–H groups in total. The summed E-state index contributed by atoms with van der Waals surface area (Å²) in [6.07, 6.45) is 4.28. The predicted octanol–water partition coefficient (Wildman–Crippen LogP) is 3.14. The van der Waals surface area contributed by atoms with Crippen LogP contribution in [0.5, 0.6) is 0 Å². The molecule has 17 heavy (non-hydrogen) atoms. The van der Waals surface area contributed by atoms with E-state index >= 15 is 0 Å². The highest BCUT2D eigenvalue weighted by atomic mass is 79.9. The molecule has 3 heteroatoms. The van der Waals surface area contributed by atoms with Crippen LogP contribution >= 0.6 is 15.9 Å². The molecule has 0 aromatic heterocycles. The summed E-state index contributed by atoms with van der Waals surface area (Å²) in [6, 6.07) is 6.42. The first-order valence-electron chi connectivity index (χ1n) is 6.52. The van der Waals surface area contributed by atoms with Gasteiger partial charge in [-0.25, -0.2) is 0 Å². The lowest BCUT2D eigenvalue weighted by Gasteiger charge is -2.23. The van der Waals surface area contributed by atoms with Crippen LogP contribution in [0.4, 0.5) is 5.69 Å². The molecule has 1 heterocycles. The first-order valence-corrected chi connectivity index (χ1v) is 7.31. The number of halogens is 1. The van der Waals surface area contributed by atoms with Gasteiger partial charge >= 0.3 is 0 Å². The molecule has 0 spiro atoms. The van der Waals surface area contributed by atoms with E-state index in [0.717, 1.165) is 16.3 Å². The Labute approximate surface area is 111 Å². The highest BCUT2D eigenvalue weighted by Gasteiger charge is 2.36. The minimum atomic E-state index is 0.614. The van der Waals surface area contributed by atoms with E-state index in [1.54, 1.807) is 0 Å². The fraction of sp³-hybridized carbons (Fsp3) is 0.571. The second-order valence-corrected chi connectivity index (χ2v) is 6.15. The van der Waals surface area contributed by atoms with Gasteiger partial charge in [-0.15, -0.1) is 0 Å². The Balaban J connectivity index is 1.88. The molecule has 0 radical (unpaired) electrons. The van der Waals surface area contributed by atoms with Gasteiger partial charge in [0, 0.05) is 35.4 Å². The quantitative estimate of drug-likeness (QED) is 0.908. The standard InChI is InChI=1S/C14H19BrN2/c15-13-5-2-6-14(12(13)7-16)17-8-10-3-1-4-11(10)9-17/h2,5-6,10-11H,1,3-4,7-9,16H2. The average Bonchev–Trinajstić information content (AvgIpc) is 2.88. The van der Waals surface area contributed by atoms with Crippen molar-refractivity contribution < 1.29 is 0 Å². The predicted molar refractivity (Wildman–Crippen MR) is 75.1 cm³/mol. The summed E-state index contributed by atoms with van der Waals surface area (Å²) in [6.45, 7) is 3.07. The van der Waals surface area contributed by atoms with Crippen molar-refractivity contribution in [2.75, 3.05) is 18.0 Å². The maximum atomic E-state index is 5.88. The Kier molecular flexibility index (Phi) is 3.14. The summed E-state index contributed by atoms with van der Waals surface area (Å²) in [5, 5.41) is 0. The van der Waals surface area contributed by atoms with Crippen LogP contribution < -0.4 is 10.6 Å². The van der Waals surface area contributed by atoms with E-state index in [1.807, 2.05) is 0 Å². The van der Waals surface area contributed by atoms with E-state index in [0.29, 0.717) is 6.54 Å². The molecule has 0 bridgehead atoms. The number of benzene rings is 1. The average molecular weight is 295 g/mol. The summed E-state index contributed by atoms with van der Waals surface area (Å²) in [4.78, 5) is 2.54. The molecule has 1 saturated heterocycles. The van der Waals surface area contributed by atoms with Crippen molar-refractivity contribution >= 4 is 21.6 Å². The minimum Gasteiger partial charge on any atom is -0.371 e. The zero-order chi connectivity index (χ0) is 11.8. The third kappa shape index (κ3) is 2.00. The number of hydrogen-bond acceptors (Lipinski definition) is 2. The van der Waals surface area contributed by atoms with E-state index < -0.39 is 0 Å². The second kappa shape index (κ2) is 4.62. The summed E-state index contributed by atoms with van der Waals surface area (Å²) in [5.74, 6) is 1.86. The Hall–Kier alpha value is -0.540. The van der Waals surface area contributed by atoms with Gasteiger partial charge in [-0.1, -0.05) is 28.4 Å². The van der Waals surface area contributed by atoms with Gasteiger partial charge < -0.3 is 10.6 Å². The molecular formula is C14H19BrN2. The molecule has 2 atom stereocenters. The van der Waals surface area contributed by atoms with Crippen LogP contribution in [0.3, 0.4) is 0 Å². The van der Waals surface area contributed by atoms with Crippen molar-refractivity contribution in [1.82, 2.24) is 0 Å². The Morgan fingerprint density at radius 1 is 1.24 bits per heavy atom. The van der Waals surface area contributed by atoms with Crippen molar-refractivity contribution in [3.05, 3.63) is 28.2 Å². The van der Waals surface area contributed by atoms with Crippen LogP contribution in [0.1, 0.15) is 24.8 Å². The van der Waals surface area contributed by atoms with E-state index in [2.05, 4.69) is 39.0 Å². The van der Waals surface area contributed by atoms with Gasteiger partial charge in [0.1, 0.15) is 0 Å². The molecule has 1 aromatic rings. The van der Waals surface area contributed by atoms with Crippen molar-refractivity contribution in [2.24, 2.45) is 17.6 Å². The van der Waals surface area contributed by atoms with Gasteiger partial charge in [-0.3, -0.25) is 0 Å².